The summed E-state index contributed by atoms with van der Waals surface area (Å²) in [6, 6.07) is 4.01. The van der Waals surface area contributed by atoms with E-state index in [-0.39, 0.29) is 11.1 Å². The Morgan fingerprint density at radius 3 is 2.78 bits per heavy atom. The molecule has 1 atom stereocenters. The third-order valence-corrected chi connectivity index (χ3v) is 2.64. The van der Waals surface area contributed by atoms with Crippen LogP contribution in [0.15, 0.2) is 18.2 Å². The number of rotatable bonds is 3. The zero-order chi connectivity index (χ0) is 13.3. The number of hydrogen-bond donors (Lipinski definition) is 1. The molecule has 0 aliphatic heterocycles. The second-order valence-corrected chi connectivity index (χ2v) is 3.71. The predicted octanol–water partition coefficient (Wildman–Crippen LogP) is 0.863. The van der Waals surface area contributed by atoms with Crippen molar-refractivity contribution in [2.45, 2.75) is 13.0 Å². The molecule has 0 fully saturated rings. The molecular weight excluding hydrogens is 238 g/mol. The molecule has 1 unspecified atom stereocenters. The minimum absolute atomic E-state index is 0.0517. The molecule has 0 spiro atoms. The lowest BCUT2D eigenvalue weighted by Crippen LogP contribution is -2.18. The van der Waals surface area contributed by atoms with Gasteiger partial charge in [0.15, 0.2) is 0 Å². The maximum absolute atomic E-state index is 11.4. The van der Waals surface area contributed by atoms with Crippen molar-refractivity contribution >= 4 is 23.0 Å². The molecule has 1 aromatic carbocycles. The van der Waals surface area contributed by atoms with Gasteiger partial charge in [-0.2, -0.15) is 0 Å². The third kappa shape index (κ3) is 1.79. The summed E-state index contributed by atoms with van der Waals surface area (Å²) >= 11 is 0. The van der Waals surface area contributed by atoms with Crippen LogP contribution in [-0.2, 0) is 9.53 Å². The summed E-state index contributed by atoms with van der Waals surface area (Å²) in [5, 5.41) is 16.6. The monoisotopic (exact) mass is 249 g/mol. The van der Waals surface area contributed by atoms with Crippen molar-refractivity contribution in [3.05, 3.63) is 23.8 Å². The summed E-state index contributed by atoms with van der Waals surface area (Å²) in [7, 11) is 1.28. The molecule has 1 heterocycles. The average molecular weight is 249 g/mol. The molecule has 7 heteroatoms. The smallest absolute Gasteiger partial charge is 0.338 e. The van der Waals surface area contributed by atoms with E-state index in [0.717, 1.165) is 0 Å². The molecule has 18 heavy (non-hydrogen) atoms. The summed E-state index contributed by atoms with van der Waals surface area (Å²) < 4.78 is 5.96. The SMILES string of the molecule is COC(=O)C(C)n1nnc2c(C(=O)O)cccc21. The van der Waals surface area contributed by atoms with E-state index in [1.54, 1.807) is 19.1 Å². The number of esters is 1. The van der Waals surface area contributed by atoms with Crippen molar-refractivity contribution in [1.29, 1.82) is 0 Å². The van der Waals surface area contributed by atoms with Crippen LogP contribution >= 0.6 is 0 Å². The van der Waals surface area contributed by atoms with Gasteiger partial charge in [0, 0.05) is 0 Å². The first-order valence-electron chi connectivity index (χ1n) is 5.21. The van der Waals surface area contributed by atoms with Gasteiger partial charge < -0.3 is 9.84 Å². The fourth-order valence-corrected chi connectivity index (χ4v) is 1.69. The summed E-state index contributed by atoms with van der Waals surface area (Å²) in [4.78, 5) is 22.5. The molecule has 7 nitrogen and oxygen atoms in total. The van der Waals surface area contributed by atoms with Gasteiger partial charge in [0.1, 0.15) is 11.6 Å². The van der Waals surface area contributed by atoms with Crippen molar-refractivity contribution in [3.63, 3.8) is 0 Å². The normalized spacial score (nSPS) is 12.3. The molecule has 0 amide bonds. The number of aromatic nitrogens is 3. The zero-order valence-corrected chi connectivity index (χ0v) is 9.82. The number of carbonyl (C=O) groups is 2. The molecule has 0 aliphatic carbocycles. The molecule has 0 radical (unpaired) electrons. The summed E-state index contributed by atoms with van der Waals surface area (Å²) in [5.74, 6) is -1.55. The number of ether oxygens (including phenoxy) is 1. The molecule has 1 N–H and O–H groups in total. The second kappa shape index (κ2) is 4.44. The van der Waals surface area contributed by atoms with E-state index in [1.165, 1.54) is 17.9 Å². The van der Waals surface area contributed by atoms with E-state index < -0.39 is 18.0 Å². The Labute approximate surface area is 102 Å². The first-order chi connectivity index (χ1) is 8.56. The number of fused-ring (bicyclic) bond motifs is 1. The lowest BCUT2D eigenvalue weighted by atomic mass is 10.2. The number of nitrogens with zero attached hydrogens (tertiary/aromatic N) is 3. The van der Waals surface area contributed by atoms with E-state index in [9.17, 15) is 9.59 Å². The van der Waals surface area contributed by atoms with E-state index in [0.29, 0.717) is 5.52 Å². The minimum atomic E-state index is -1.08. The maximum atomic E-state index is 11.4. The summed E-state index contributed by atoms with van der Waals surface area (Å²) in [6.45, 7) is 1.60. The molecule has 2 rings (SSSR count). The Bertz CT molecular complexity index is 620. The van der Waals surface area contributed by atoms with E-state index in [1.807, 2.05) is 0 Å². The quantitative estimate of drug-likeness (QED) is 0.811. The highest BCUT2D eigenvalue weighted by molar-refractivity contribution is 6.00. The molecule has 2 aromatic rings. The van der Waals surface area contributed by atoms with E-state index in [4.69, 9.17) is 5.11 Å². The van der Waals surface area contributed by atoms with Gasteiger partial charge >= 0.3 is 11.9 Å². The Morgan fingerprint density at radius 1 is 1.44 bits per heavy atom. The number of benzene rings is 1. The highest BCUT2D eigenvalue weighted by atomic mass is 16.5. The van der Waals surface area contributed by atoms with Gasteiger partial charge in [0.05, 0.1) is 18.2 Å². The zero-order valence-electron chi connectivity index (χ0n) is 9.82. The van der Waals surface area contributed by atoms with Crippen LogP contribution in [0.4, 0.5) is 0 Å². The second-order valence-electron chi connectivity index (χ2n) is 3.71. The van der Waals surface area contributed by atoms with Gasteiger partial charge in [-0.25, -0.2) is 14.3 Å². The van der Waals surface area contributed by atoms with Gasteiger partial charge in [0.25, 0.3) is 0 Å². The number of hydrogen-bond acceptors (Lipinski definition) is 5. The first-order valence-corrected chi connectivity index (χ1v) is 5.21. The van der Waals surface area contributed by atoms with Crippen LogP contribution in [0.5, 0.6) is 0 Å². The topological polar surface area (TPSA) is 94.3 Å². The van der Waals surface area contributed by atoms with Gasteiger partial charge in [-0.15, -0.1) is 5.10 Å². The van der Waals surface area contributed by atoms with Crippen LogP contribution in [-0.4, -0.2) is 39.1 Å². The standard InChI is InChI=1S/C11H11N3O4/c1-6(11(17)18-2)14-8-5-3-4-7(10(15)16)9(8)12-13-14/h3-6H,1-2H3,(H,15,16). The van der Waals surface area contributed by atoms with Crippen LogP contribution < -0.4 is 0 Å². The predicted molar refractivity (Wildman–Crippen MR) is 61.2 cm³/mol. The Morgan fingerprint density at radius 2 is 2.17 bits per heavy atom. The van der Waals surface area contributed by atoms with Crippen LogP contribution in [0.1, 0.15) is 23.3 Å². The number of carboxylic acids is 1. The fourth-order valence-electron chi connectivity index (χ4n) is 1.69. The van der Waals surface area contributed by atoms with Gasteiger partial charge in [-0.1, -0.05) is 11.3 Å². The molecule has 0 bridgehead atoms. The molecule has 94 valence electrons. The highest BCUT2D eigenvalue weighted by Crippen LogP contribution is 2.19. The average Bonchev–Trinajstić information content (AvgIpc) is 2.80. The largest absolute Gasteiger partial charge is 0.478 e. The third-order valence-electron chi connectivity index (χ3n) is 2.64. The van der Waals surface area contributed by atoms with Crippen molar-refractivity contribution in [2.24, 2.45) is 0 Å². The Balaban J connectivity index is 2.59. The highest BCUT2D eigenvalue weighted by Gasteiger charge is 2.21. The Hall–Kier alpha value is -2.44. The lowest BCUT2D eigenvalue weighted by Gasteiger charge is -2.09. The summed E-state index contributed by atoms with van der Waals surface area (Å²) in [6.07, 6.45) is 0. The van der Waals surface area contributed by atoms with Gasteiger partial charge in [-0.05, 0) is 19.1 Å². The number of aromatic carboxylic acids is 1. The maximum Gasteiger partial charge on any atom is 0.338 e. The van der Waals surface area contributed by atoms with Gasteiger partial charge in [-0.3, -0.25) is 0 Å². The molecule has 0 aliphatic rings. The molecule has 1 aromatic heterocycles. The molecular formula is C11H11N3O4. The van der Waals surface area contributed by atoms with E-state index >= 15 is 0 Å². The van der Waals surface area contributed by atoms with Crippen LogP contribution in [0, 0.1) is 0 Å². The molecule has 0 saturated heterocycles. The first kappa shape index (κ1) is 12.0. The van der Waals surface area contributed by atoms with Crippen LogP contribution in [0.2, 0.25) is 0 Å². The van der Waals surface area contributed by atoms with Crippen LogP contribution in [0.25, 0.3) is 11.0 Å². The molecule has 0 saturated carbocycles. The van der Waals surface area contributed by atoms with Crippen molar-refractivity contribution in [1.82, 2.24) is 15.0 Å². The van der Waals surface area contributed by atoms with Crippen molar-refractivity contribution in [3.8, 4) is 0 Å². The van der Waals surface area contributed by atoms with Crippen molar-refractivity contribution < 1.29 is 19.4 Å². The fraction of sp³-hybridized carbons (Fsp3) is 0.273. The number of carboxylic acid groups (broad SMARTS) is 1. The summed E-state index contributed by atoms with van der Waals surface area (Å²) in [5.41, 5.74) is 0.782. The lowest BCUT2D eigenvalue weighted by molar-refractivity contribution is -0.144. The number of methoxy groups -OCH3 is 1. The minimum Gasteiger partial charge on any atom is -0.478 e. The van der Waals surface area contributed by atoms with Gasteiger partial charge in [0.2, 0.25) is 0 Å². The van der Waals surface area contributed by atoms with Crippen LogP contribution in [0.3, 0.4) is 0 Å². The van der Waals surface area contributed by atoms with Crippen molar-refractivity contribution in [2.75, 3.05) is 7.11 Å². The van der Waals surface area contributed by atoms with E-state index in [2.05, 4.69) is 15.0 Å². The Kier molecular flexibility index (Phi) is 2.97. The number of carbonyl (C=O) groups excluding carboxylic acids is 1.